The molecule has 1 N–H and O–H groups in total. The first-order valence-electron chi connectivity index (χ1n) is 9.44. The molecule has 0 aliphatic heterocycles. The van der Waals surface area contributed by atoms with E-state index in [4.69, 9.17) is 5.11 Å². The van der Waals surface area contributed by atoms with Gasteiger partial charge in [-0.3, -0.25) is 4.79 Å². The third-order valence-corrected chi connectivity index (χ3v) is 5.27. The van der Waals surface area contributed by atoms with Crippen molar-refractivity contribution in [3.8, 4) is 5.69 Å². The molecule has 0 bridgehead atoms. The highest BCUT2D eigenvalue weighted by atomic mass is 19.4. The van der Waals surface area contributed by atoms with Gasteiger partial charge in [-0.1, -0.05) is 37.3 Å². The van der Waals surface area contributed by atoms with Crippen molar-refractivity contribution in [2.24, 2.45) is 5.41 Å². The van der Waals surface area contributed by atoms with Gasteiger partial charge in [-0.2, -0.15) is 18.3 Å². The molecule has 3 aromatic rings. The van der Waals surface area contributed by atoms with Crippen LogP contribution < -0.4 is 0 Å². The van der Waals surface area contributed by atoms with Gasteiger partial charge in [-0.15, -0.1) is 5.10 Å². The first kappa shape index (κ1) is 20.3. The minimum atomic E-state index is -4.78. The maximum atomic E-state index is 13.8. The van der Waals surface area contributed by atoms with Gasteiger partial charge >= 0.3 is 6.18 Å². The van der Waals surface area contributed by atoms with Crippen LogP contribution in [0.25, 0.3) is 5.69 Å². The minimum absolute atomic E-state index is 0.0938. The van der Waals surface area contributed by atoms with Crippen LogP contribution in [0.3, 0.4) is 0 Å². The number of Topliss-reactive ketones (excluding diaryl/α,β-unsaturated/α-hetero) is 1. The molecule has 30 heavy (non-hydrogen) atoms. The van der Waals surface area contributed by atoms with Crippen molar-refractivity contribution in [1.82, 2.24) is 24.8 Å². The summed E-state index contributed by atoms with van der Waals surface area (Å²) in [5, 5.41) is 21.1. The molecule has 1 aliphatic carbocycles. The molecule has 2 aromatic heterocycles. The number of carbonyl (C=O) groups excluding carboxylic acids is 1. The van der Waals surface area contributed by atoms with E-state index in [1.165, 1.54) is 9.36 Å². The molecule has 4 rings (SSSR count). The number of carbonyl (C=O) groups is 1. The number of hydrogen-bond acceptors (Lipinski definition) is 5. The molecule has 1 atom stereocenters. The summed E-state index contributed by atoms with van der Waals surface area (Å²) in [4.78, 5) is 12.9. The van der Waals surface area contributed by atoms with Crippen molar-refractivity contribution >= 4 is 5.78 Å². The Hall–Kier alpha value is -3.01. The highest BCUT2D eigenvalue weighted by Crippen LogP contribution is 2.49. The Labute approximate surface area is 170 Å². The number of nitrogens with zero attached hydrogens (tertiary/aromatic N) is 5. The Morgan fingerprint density at radius 1 is 1.23 bits per heavy atom. The van der Waals surface area contributed by atoms with E-state index in [0.717, 1.165) is 0 Å². The predicted molar refractivity (Wildman–Crippen MR) is 100 cm³/mol. The number of alkyl halides is 3. The molecule has 7 nitrogen and oxygen atoms in total. The van der Waals surface area contributed by atoms with Crippen LogP contribution in [-0.2, 0) is 12.6 Å². The smallest absolute Gasteiger partial charge is 0.396 e. The predicted octanol–water partition coefficient (Wildman–Crippen LogP) is 3.22. The van der Waals surface area contributed by atoms with Crippen LogP contribution in [-0.4, -0.2) is 42.3 Å². The maximum Gasteiger partial charge on any atom is 0.435 e. The fourth-order valence-corrected chi connectivity index (χ4v) is 4.04. The number of para-hydroxylation sites is 1. The Morgan fingerprint density at radius 2 is 1.93 bits per heavy atom. The SMILES string of the molecule is CC1(C)CC(=O)c2c(C(F)(F)F)nn(-c3ccccc3)c2C1n1cc(CCO)nn1. The molecular formula is C20H20F3N5O2. The Bertz CT molecular complexity index is 1090. The lowest BCUT2D eigenvalue weighted by Crippen LogP contribution is -2.38. The molecule has 2 heterocycles. The standard InChI is InChI=1S/C20H20F3N5O2/c1-19(2)10-14(30)15-16(18(19)27-11-12(8-9-29)24-26-27)28(13-6-4-3-5-7-13)25-17(15)20(21,22)23/h3-7,11,18,29H,8-10H2,1-2H3. The second-order valence-electron chi connectivity index (χ2n) is 8.01. The minimum Gasteiger partial charge on any atom is -0.396 e. The number of aliphatic hydroxyl groups excluding tert-OH is 1. The molecule has 0 fully saturated rings. The van der Waals surface area contributed by atoms with E-state index in [9.17, 15) is 18.0 Å². The van der Waals surface area contributed by atoms with E-state index in [2.05, 4.69) is 15.4 Å². The summed E-state index contributed by atoms with van der Waals surface area (Å²) in [5.41, 5.74) is -1.30. The van der Waals surface area contributed by atoms with Crippen molar-refractivity contribution in [2.75, 3.05) is 6.61 Å². The van der Waals surface area contributed by atoms with Gasteiger partial charge in [-0.25, -0.2) is 9.36 Å². The van der Waals surface area contributed by atoms with Gasteiger partial charge in [-0.05, 0) is 12.1 Å². The monoisotopic (exact) mass is 419 g/mol. The van der Waals surface area contributed by atoms with Gasteiger partial charge in [0.1, 0.15) is 6.04 Å². The van der Waals surface area contributed by atoms with E-state index >= 15 is 0 Å². The Balaban J connectivity index is 2.01. The molecule has 0 saturated carbocycles. The topological polar surface area (TPSA) is 85.8 Å². The van der Waals surface area contributed by atoms with Crippen LogP contribution in [0.4, 0.5) is 13.2 Å². The molecule has 1 unspecified atom stereocenters. The highest BCUT2D eigenvalue weighted by Gasteiger charge is 2.50. The van der Waals surface area contributed by atoms with Crippen molar-refractivity contribution < 1.29 is 23.1 Å². The number of aliphatic hydroxyl groups is 1. The van der Waals surface area contributed by atoms with E-state index in [1.54, 1.807) is 36.5 Å². The first-order chi connectivity index (χ1) is 14.1. The van der Waals surface area contributed by atoms with Crippen LogP contribution in [0.15, 0.2) is 36.5 Å². The van der Waals surface area contributed by atoms with Crippen molar-refractivity contribution in [1.29, 1.82) is 0 Å². The van der Waals surface area contributed by atoms with E-state index in [1.807, 2.05) is 13.8 Å². The van der Waals surface area contributed by atoms with E-state index < -0.39 is 34.7 Å². The zero-order chi connectivity index (χ0) is 21.7. The summed E-state index contributed by atoms with van der Waals surface area (Å²) in [6.45, 7) is 3.49. The normalized spacial score (nSPS) is 18.5. The summed E-state index contributed by atoms with van der Waals surface area (Å²) in [5.74, 6) is -0.601. The van der Waals surface area contributed by atoms with Crippen molar-refractivity contribution in [3.05, 3.63) is 59.2 Å². The number of rotatable bonds is 4. The summed E-state index contributed by atoms with van der Waals surface area (Å²) in [7, 11) is 0. The van der Waals surface area contributed by atoms with Gasteiger partial charge < -0.3 is 5.11 Å². The zero-order valence-corrected chi connectivity index (χ0v) is 16.4. The van der Waals surface area contributed by atoms with E-state index in [0.29, 0.717) is 11.4 Å². The maximum absolute atomic E-state index is 13.8. The second kappa shape index (κ2) is 7.05. The molecule has 0 amide bonds. The fourth-order valence-electron chi connectivity index (χ4n) is 4.04. The summed E-state index contributed by atoms with van der Waals surface area (Å²) in [6.07, 6.45) is -3.01. The Kier molecular flexibility index (Phi) is 4.76. The van der Waals surface area contributed by atoms with E-state index in [-0.39, 0.29) is 25.1 Å². The van der Waals surface area contributed by atoms with Gasteiger partial charge in [0.2, 0.25) is 0 Å². The van der Waals surface area contributed by atoms with Gasteiger partial charge in [0.25, 0.3) is 0 Å². The average Bonchev–Trinajstić information content (AvgIpc) is 3.27. The molecule has 158 valence electrons. The zero-order valence-electron chi connectivity index (χ0n) is 16.4. The molecule has 10 heteroatoms. The van der Waals surface area contributed by atoms with Gasteiger partial charge in [0, 0.05) is 31.1 Å². The fraction of sp³-hybridized carbons (Fsp3) is 0.400. The Morgan fingerprint density at radius 3 is 2.57 bits per heavy atom. The molecule has 0 saturated heterocycles. The van der Waals surface area contributed by atoms with Crippen LogP contribution in [0.1, 0.15) is 53.7 Å². The lowest BCUT2D eigenvalue weighted by atomic mass is 9.71. The molecule has 1 aliphatic rings. The summed E-state index contributed by atoms with van der Waals surface area (Å²) < 4.78 is 44.1. The molecular weight excluding hydrogens is 399 g/mol. The lowest BCUT2D eigenvalue weighted by Gasteiger charge is -2.38. The quantitative estimate of drug-likeness (QED) is 0.702. The highest BCUT2D eigenvalue weighted by molar-refractivity contribution is 6.00. The number of fused-ring (bicyclic) bond motifs is 1. The van der Waals surface area contributed by atoms with Gasteiger partial charge in [0.05, 0.1) is 22.6 Å². The van der Waals surface area contributed by atoms with Crippen molar-refractivity contribution in [3.63, 3.8) is 0 Å². The van der Waals surface area contributed by atoms with Gasteiger partial charge in [0.15, 0.2) is 11.5 Å². The number of halogens is 3. The third kappa shape index (κ3) is 3.30. The molecule has 0 radical (unpaired) electrons. The number of aromatic nitrogens is 5. The van der Waals surface area contributed by atoms with Crippen LogP contribution in [0.5, 0.6) is 0 Å². The lowest BCUT2D eigenvalue weighted by molar-refractivity contribution is -0.141. The first-order valence-corrected chi connectivity index (χ1v) is 9.44. The van der Waals surface area contributed by atoms with Crippen LogP contribution in [0, 0.1) is 5.41 Å². The van der Waals surface area contributed by atoms with Crippen LogP contribution >= 0.6 is 0 Å². The number of ketones is 1. The number of benzene rings is 1. The molecule has 0 spiro atoms. The largest absolute Gasteiger partial charge is 0.435 e. The number of hydrogen-bond donors (Lipinski definition) is 1. The average molecular weight is 419 g/mol. The summed E-state index contributed by atoms with van der Waals surface area (Å²) >= 11 is 0. The third-order valence-electron chi connectivity index (χ3n) is 5.27. The van der Waals surface area contributed by atoms with Crippen molar-refractivity contribution in [2.45, 2.75) is 38.9 Å². The second-order valence-corrected chi connectivity index (χ2v) is 8.01. The molecule has 1 aromatic carbocycles. The summed E-state index contributed by atoms with van der Waals surface area (Å²) in [6, 6.07) is 7.68. The van der Waals surface area contributed by atoms with Crippen LogP contribution in [0.2, 0.25) is 0 Å².